The van der Waals surface area contributed by atoms with Crippen LogP contribution in [0, 0.1) is 0 Å². The number of ether oxygens (including phenoxy) is 1. The van der Waals surface area contributed by atoms with Crippen molar-refractivity contribution in [3.05, 3.63) is 34.6 Å². The minimum atomic E-state index is -0.141. The minimum Gasteiger partial charge on any atom is -0.378 e. The first-order valence-electron chi connectivity index (χ1n) is 10.4. The molecule has 0 unspecified atom stereocenters. The molecule has 2 aliphatic rings. The van der Waals surface area contributed by atoms with Crippen molar-refractivity contribution in [1.29, 1.82) is 0 Å². The molecule has 2 aromatic rings. The van der Waals surface area contributed by atoms with Crippen molar-refractivity contribution >= 4 is 22.8 Å². The topological polar surface area (TPSA) is 79.7 Å². The molecular weight excluding hydrogens is 370 g/mol. The van der Waals surface area contributed by atoms with Gasteiger partial charge < -0.3 is 24.4 Å². The summed E-state index contributed by atoms with van der Waals surface area (Å²) < 4.78 is 7.10. The van der Waals surface area contributed by atoms with Crippen LogP contribution in [0.3, 0.4) is 0 Å². The average Bonchev–Trinajstić information content (AvgIpc) is 2.75. The van der Waals surface area contributed by atoms with Crippen molar-refractivity contribution in [2.24, 2.45) is 0 Å². The zero-order valence-corrected chi connectivity index (χ0v) is 17.0. The van der Waals surface area contributed by atoms with E-state index in [4.69, 9.17) is 4.74 Å². The van der Waals surface area contributed by atoms with Gasteiger partial charge in [0.1, 0.15) is 0 Å². The number of hydrogen-bond acceptors (Lipinski definition) is 6. The van der Waals surface area contributed by atoms with Crippen LogP contribution in [-0.2, 0) is 16.1 Å². The Morgan fingerprint density at radius 2 is 1.90 bits per heavy atom. The Morgan fingerprint density at radius 3 is 2.66 bits per heavy atom. The van der Waals surface area contributed by atoms with Crippen LogP contribution in [0.1, 0.15) is 19.3 Å². The molecule has 8 nitrogen and oxygen atoms in total. The highest BCUT2D eigenvalue weighted by atomic mass is 16.5. The first-order chi connectivity index (χ1) is 14.1. The number of amides is 1. The molecule has 29 heavy (non-hydrogen) atoms. The number of fused-ring (bicyclic) bond motifs is 1. The van der Waals surface area contributed by atoms with Gasteiger partial charge in [0.25, 0.3) is 5.56 Å². The molecule has 2 fully saturated rings. The first kappa shape index (κ1) is 19.8. The number of hydrogen-bond donors (Lipinski definition) is 1. The molecule has 0 radical (unpaired) electrons. The second-order valence-electron chi connectivity index (χ2n) is 7.88. The summed E-state index contributed by atoms with van der Waals surface area (Å²) in [5, 5.41) is 3.13. The number of carbonyl (C=O) groups is 1. The lowest BCUT2D eigenvalue weighted by atomic mass is 10.1. The van der Waals surface area contributed by atoms with Crippen LogP contribution in [0.15, 0.2) is 29.1 Å². The van der Waals surface area contributed by atoms with Gasteiger partial charge in [-0.15, -0.1) is 0 Å². The Balaban J connectivity index is 1.52. The number of benzene rings is 1. The molecule has 1 amide bonds. The molecule has 0 spiro atoms. The monoisotopic (exact) mass is 399 g/mol. The number of aryl methyl sites for hydroxylation is 1. The number of nitrogens with one attached hydrogen (secondary N) is 1. The first-order valence-corrected chi connectivity index (χ1v) is 10.4. The largest absolute Gasteiger partial charge is 0.378 e. The van der Waals surface area contributed by atoms with Crippen molar-refractivity contribution in [2.75, 3.05) is 51.3 Å². The van der Waals surface area contributed by atoms with Crippen molar-refractivity contribution in [2.45, 2.75) is 31.8 Å². The maximum Gasteiger partial charge on any atom is 0.294 e. The summed E-state index contributed by atoms with van der Waals surface area (Å²) in [6.45, 7) is 4.83. The van der Waals surface area contributed by atoms with Crippen LogP contribution in [0.5, 0.6) is 0 Å². The molecule has 156 valence electrons. The van der Waals surface area contributed by atoms with E-state index in [1.807, 2.05) is 29.2 Å². The molecule has 4 rings (SSSR count). The molecule has 1 aromatic carbocycles. The third kappa shape index (κ3) is 4.59. The molecule has 8 heteroatoms. The summed E-state index contributed by atoms with van der Waals surface area (Å²) in [6, 6.07) is 7.84. The zero-order valence-electron chi connectivity index (χ0n) is 17.0. The van der Waals surface area contributed by atoms with Gasteiger partial charge in [0.05, 0.1) is 24.2 Å². The Labute approximate surface area is 170 Å². The van der Waals surface area contributed by atoms with E-state index >= 15 is 0 Å². The molecule has 1 aromatic heterocycles. The lowest BCUT2D eigenvalue weighted by Crippen LogP contribution is -2.44. The van der Waals surface area contributed by atoms with Crippen LogP contribution >= 0.6 is 0 Å². The van der Waals surface area contributed by atoms with Gasteiger partial charge in [-0.1, -0.05) is 12.1 Å². The van der Waals surface area contributed by atoms with E-state index in [1.54, 1.807) is 4.57 Å². The van der Waals surface area contributed by atoms with Gasteiger partial charge in [0.2, 0.25) is 5.91 Å². The van der Waals surface area contributed by atoms with Crippen LogP contribution < -0.4 is 15.8 Å². The maximum absolute atomic E-state index is 13.2. The number of likely N-dealkylation sites (tertiary alicyclic amines) is 1. The Bertz CT molecular complexity index is 914. The third-order valence-electron chi connectivity index (χ3n) is 5.79. The molecule has 0 bridgehead atoms. The molecule has 0 saturated carbocycles. The number of rotatable bonds is 5. The fraction of sp³-hybridized carbons (Fsp3) is 0.571. The van der Waals surface area contributed by atoms with Crippen molar-refractivity contribution < 1.29 is 9.53 Å². The van der Waals surface area contributed by atoms with E-state index in [9.17, 15) is 9.59 Å². The maximum atomic E-state index is 13.2. The normalized spacial score (nSPS) is 18.9. The second-order valence-corrected chi connectivity index (χ2v) is 7.88. The third-order valence-corrected chi connectivity index (χ3v) is 5.79. The SMILES string of the molecule is CN1CCC(NC(=O)CCn2c(=O)c(N3CCOCC3)nc3ccccc32)CC1. The second kappa shape index (κ2) is 8.92. The van der Waals surface area contributed by atoms with Gasteiger partial charge >= 0.3 is 0 Å². The van der Waals surface area contributed by atoms with E-state index in [0.29, 0.717) is 38.7 Å². The average molecular weight is 399 g/mol. The highest BCUT2D eigenvalue weighted by molar-refractivity contribution is 5.78. The van der Waals surface area contributed by atoms with Gasteiger partial charge in [-0.25, -0.2) is 4.98 Å². The van der Waals surface area contributed by atoms with E-state index in [-0.39, 0.29) is 23.9 Å². The van der Waals surface area contributed by atoms with Gasteiger partial charge in [0, 0.05) is 32.1 Å². The molecule has 2 aliphatic heterocycles. The van der Waals surface area contributed by atoms with Crippen LogP contribution in [-0.4, -0.2) is 72.8 Å². The predicted molar refractivity (Wildman–Crippen MR) is 112 cm³/mol. The molecule has 0 atom stereocenters. The summed E-state index contributed by atoms with van der Waals surface area (Å²) in [7, 11) is 2.10. The number of morpholine rings is 1. The van der Waals surface area contributed by atoms with Crippen molar-refractivity contribution in [3.63, 3.8) is 0 Å². The lowest BCUT2D eigenvalue weighted by Gasteiger charge is -2.29. The molecular formula is C21H29N5O3. The van der Waals surface area contributed by atoms with E-state index in [0.717, 1.165) is 37.0 Å². The van der Waals surface area contributed by atoms with Gasteiger partial charge in [-0.05, 0) is 45.1 Å². The number of piperidine rings is 1. The highest BCUT2D eigenvalue weighted by Gasteiger charge is 2.21. The van der Waals surface area contributed by atoms with E-state index in [1.165, 1.54) is 0 Å². The Kier molecular flexibility index (Phi) is 6.10. The van der Waals surface area contributed by atoms with Gasteiger partial charge in [0.15, 0.2) is 5.82 Å². The van der Waals surface area contributed by atoms with Gasteiger partial charge in [-0.2, -0.15) is 0 Å². The number of carbonyl (C=O) groups excluding carboxylic acids is 1. The Hall–Kier alpha value is -2.45. The zero-order chi connectivity index (χ0) is 20.2. The lowest BCUT2D eigenvalue weighted by molar-refractivity contribution is -0.122. The summed E-state index contributed by atoms with van der Waals surface area (Å²) in [4.78, 5) is 34.6. The highest BCUT2D eigenvalue weighted by Crippen LogP contribution is 2.16. The van der Waals surface area contributed by atoms with Crippen molar-refractivity contribution in [1.82, 2.24) is 19.8 Å². The summed E-state index contributed by atoms with van der Waals surface area (Å²) in [5.74, 6) is 0.447. The van der Waals surface area contributed by atoms with Crippen LogP contribution in [0.2, 0.25) is 0 Å². The number of anilines is 1. The molecule has 2 saturated heterocycles. The molecule has 1 N–H and O–H groups in total. The van der Waals surface area contributed by atoms with Crippen LogP contribution in [0.25, 0.3) is 11.0 Å². The predicted octanol–water partition coefficient (Wildman–Crippen LogP) is 0.834. The fourth-order valence-corrected chi connectivity index (χ4v) is 4.05. The van der Waals surface area contributed by atoms with E-state index < -0.39 is 0 Å². The quantitative estimate of drug-likeness (QED) is 0.803. The van der Waals surface area contributed by atoms with E-state index in [2.05, 4.69) is 22.2 Å². The Morgan fingerprint density at radius 1 is 1.17 bits per heavy atom. The van der Waals surface area contributed by atoms with Crippen LogP contribution in [0.4, 0.5) is 5.82 Å². The summed E-state index contributed by atoms with van der Waals surface area (Å²) >= 11 is 0. The smallest absolute Gasteiger partial charge is 0.294 e. The number of aromatic nitrogens is 2. The van der Waals surface area contributed by atoms with Gasteiger partial charge in [-0.3, -0.25) is 9.59 Å². The minimum absolute atomic E-state index is 0.000249. The van der Waals surface area contributed by atoms with Crippen molar-refractivity contribution in [3.8, 4) is 0 Å². The number of nitrogens with zero attached hydrogens (tertiary/aromatic N) is 4. The summed E-state index contributed by atoms with van der Waals surface area (Å²) in [5.41, 5.74) is 1.39. The standard InChI is InChI=1S/C21H29N5O3/c1-24-9-6-16(7-10-24)22-19(27)8-11-26-18-5-3-2-4-17(18)23-20(21(26)28)25-12-14-29-15-13-25/h2-5,16H,6-15H2,1H3,(H,22,27). The number of para-hydroxylation sites is 2. The fourth-order valence-electron chi connectivity index (χ4n) is 4.05. The molecule has 3 heterocycles. The summed E-state index contributed by atoms with van der Waals surface area (Å²) in [6.07, 6.45) is 2.23. The molecule has 0 aliphatic carbocycles.